The molecule has 1 radical (unpaired) electrons. The van der Waals surface area contributed by atoms with Crippen molar-refractivity contribution in [1.82, 2.24) is 0 Å². The van der Waals surface area contributed by atoms with E-state index >= 15 is 0 Å². The van der Waals surface area contributed by atoms with Crippen molar-refractivity contribution in [3.05, 3.63) is 54.4 Å². The maximum absolute atomic E-state index is 5.37. The first-order valence-corrected chi connectivity index (χ1v) is 4.82. The molecule has 1 aliphatic heterocycles. The molecule has 0 spiro atoms. The summed E-state index contributed by atoms with van der Waals surface area (Å²) < 4.78 is 10.7. The van der Waals surface area contributed by atoms with Crippen LogP contribution in [0.1, 0.15) is 6.42 Å². The lowest BCUT2D eigenvalue weighted by Gasteiger charge is -2.22. The summed E-state index contributed by atoms with van der Waals surface area (Å²) in [6, 6.07) is 0. The molecule has 0 amide bonds. The first-order chi connectivity index (χ1) is 6.93. The van der Waals surface area contributed by atoms with Crippen LogP contribution >= 0.6 is 0 Å². The van der Waals surface area contributed by atoms with Crippen LogP contribution in [-0.4, -0.2) is 12.2 Å². The van der Waals surface area contributed by atoms with Crippen molar-refractivity contribution in [3.63, 3.8) is 0 Å². The molecular weight excluding hydrogens is 176 g/mol. The summed E-state index contributed by atoms with van der Waals surface area (Å²) in [6.07, 6.45) is 13.7. The van der Waals surface area contributed by atoms with E-state index in [0.29, 0.717) is 0 Å². The van der Waals surface area contributed by atoms with Gasteiger partial charge in [-0.25, -0.2) is 0 Å². The van der Waals surface area contributed by atoms with Gasteiger partial charge in [0.2, 0.25) is 6.79 Å². The molecule has 0 saturated carbocycles. The van der Waals surface area contributed by atoms with Gasteiger partial charge < -0.3 is 9.47 Å². The van der Waals surface area contributed by atoms with Crippen LogP contribution < -0.4 is 0 Å². The molecule has 0 aromatic heterocycles. The quantitative estimate of drug-likeness (QED) is 0.579. The number of rotatable bonds is 0. The first-order valence-electron chi connectivity index (χ1n) is 4.82. The SMILES string of the molecule is [CH]1OC2C=C3C=CC=CC=C3CC2O1. The summed E-state index contributed by atoms with van der Waals surface area (Å²) in [7, 11) is 0. The first kappa shape index (κ1) is 8.21. The van der Waals surface area contributed by atoms with Crippen LogP contribution in [0.5, 0.6) is 0 Å². The molecule has 3 aliphatic rings. The molecule has 2 aliphatic carbocycles. The van der Waals surface area contributed by atoms with Crippen LogP contribution in [0, 0.1) is 6.79 Å². The highest BCUT2D eigenvalue weighted by atomic mass is 16.7. The monoisotopic (exact) mass is 187 g/mol. The van der Waals surface area contributed by atoms with Crippen molar-refractivity contribution < 1.29 is 9.47 Å². The van der Waals surface area contributed by atoms with Gasteiger partial charge in [0.15, 0.2) is 0 Å². The van der Waals surface area contributed by atoms with Crippen LogP contribution in [0.2, 0.25) is 0 Å². The molecule has 0 N–H and O–H groups in total. The van der Waals surface area contributed by atoms with Crippen molar-refractivity contribution in [2.75, 3.05) is 0 Å². The third kappa shape index (κ3) is 1.27. The minimum atomic E-state index is 0.102. The molecule has 0 bridgehead atoms. The lowest BCUT2D eigenvalue weighted by atomic mass is 9.90. The Morgan fingerprint density at radius 1 is 1.14 bits per heavy atom. The van der Waals surface area contributed by atoms with Crippen LogP contribution in [0.3, 0.4) is 0 Å². The highest BCUT2D eigenvalue weighted by Crippen LogP contribution is 2.33. The molecule has 14 heavy (non-hydrogen) atoms. The summed E-state index contributed by atoms with van der Waals surface area (Å²) >= 11 is 0. The molecule has 0 aromatic carbocycles. The van der Waals surface area contributed by atoms with Gasteiger partial charge in [0, 0.05) is 6.42 Å². The molecule has 3 rings (SSSR count). The number of allylic oxidation sites excluding steroid dienone is 6. The fourth-order valence-corrected chi connectivity index (χ4v) is 1.98. The molecule has 0 aromatic rings. The van der Waals surface area contributed by atoms with Gasteiger partial charge in [0.1, 0.15) is 6.10 Å². The summed E-state index contributed by atoms with van der Waals surface area (Å²) in [4.78, 5) is 0. The smallest absolute Gasteiger partial charge is 0.210 e. The van der Waals surface area contributed by atoms with Gasteiger partial charge in [-0.2, -0.15) is 0 Å². The Kier molecular flexibility index (Phi) is 1.89. The van der Waals surface area contributed by atoms with Crippen LogP contribution in [0.25, 0.3) is 0 Å². The van der Waals surface area contributed by atoms with E-state index in [1.54, 1.807) is 0 Å². The Morgan fingerprint density at radius 3 is 3.14 bits per heavy atom. The predicted molar refractivity (Wildman–Crippen MR) is 53.1 cm³/mol. The van der Waals surface area contributed by atoms with E-state index in [2.05, 4.69) is 30.4 Å². The molecule has 71 valence electrons. The molecule has 1 heterocycles. The predicted octanol–water partition coefficient (Wildman–Crippen LogP) is 2.27. The molecule has 2 heteroatoms. The van der Waals surface area contributed by atoms with Gasteiger partial charge in [-0.1, -0.05) is 30.4 Å². The standard InChI is InChI=1S/C12H11O2/c1-2-4-9-6-11-12(14-8-13-11)7-10(9)5-3-1/h1-6,8,11-12H,7H2. The maximum atomic E-state index is 5.37. The number of fused-ring (bicyclic) bond motifs is 2. The molecule has 2 nitrogen and oxygen atoms in total. The second kappa shape index (κ2) is 3.23. The normalized spacial score (nSPS) is 34.3. The average molecular weight is 187 g/mol. The van der Waals surface area contributed by atoms with Gasteiger partial charge in [-0.15, -0.1) is 0 Å². The zero-order valence-electron chi connectivity index (χ0n) is 7.72. The Hall–Kier alpha value is -1.12. The molecular formula is C12H11O2. The number of hydrogen-bond donors (Lipinski definition) is 0. The second-order valence-corrected chi connectivity index (χ2v) is 3.63. The van der Waals surface area contributed by atoms with Crippen LogP contribution in [0.15, 0.2) is 47.6 Å². The van der Waals surface area contributed by atoms with Crippen molar-refractivity contribution in [2.24, 2.45) is 0 Å². The molecule has 1 saturated heterocycles. The fourth-order valence-electron chi connectivity index (χ4n) is 1.98. The Balaban J connectivity index is 2.00. The Labute approximate surface area is 83.2 Å². The summed E-state index contributed by atoms with van der Waals surface area (Å²) in [5.74, 6) is 0. The van der Waals surface area contributed by atoms with Crippen LogP contribution in [0.4, 0.5) is 0 Å². The maximum Gasteiger partial charge on any atom is 0.210 e. The van der Waals surface area contributed by atoms with E-state index in [1.165, 1.54) is 17.9 Å². The third-order valence-electron chi connectivity index (χ3n) is 2.74. The van der Waals surface area contributed by atoms with Gasteiger partial charge in [0.25, 0.3) is 0 Å². The number of ether oxygens (including phenoxy) is 2. The number of hydrogen-bond acceptors (Lipinski definition) is 2. The van der Waals surface area contributed by atoms with Crippen molar-refractivity contribution in [1.29, 1.82) is 0 Å². The summed E-state index contributed by atoms with van der Waals surface area (Å²) in [5.41, 5.74) is 2.59. The molecule has 2 unspecified atom stereocenters. The van der Waals surface area contributed by atoms with E-state index in [9.17, 15) is 0 Å². The van der Waals surface area contributed by atoms with E-state index in [1.807, 2.05) is 6.08 Å². The van der Waals surface area contributed by atoms with E-state index < -0.39 is 0 Å². The summed E-state index contributed by atoms with van der Waals surface area (Å²) in [6.45, 7) is 1.46. The van der Waals surface area contributed by atoms with Crippen molar-refractivity contribution in [2.45, 2.75) is 18.6 Å². The largest absolute Gasteiger partial charge is 0.341 e. The van der Waals surface area contributed by atoms with E-state index in [4.69, 9.17) is 9.47 Å². The van der Waals surface area contributed by atoms with E-state index in [-0.39, 0.29) is 12.2 Å². The second-order valence-electron chi connectivity index (χ2n) is 3.63. The van der Waals surface area contributed by atoms with Gasteiger partial charge in [-0.3, -0.25) is 0 Å². The highest BCUT2D eigenvalue weighted by molar-refractivity contribution is 5.48. The lowest BCUT2D eigenvalue weighted by molar-refractivity contribution is 0.127. The average Bonchev–Trinajstić information content (AvgIpc) is 2.51. The zero-order valence-corrected chi connectivity index (χ0v) is 7.72. The van der Waals surface area contributed by atoms with Gasteiger partial charge in [0.05, 0.1) is 6.10 Å². The zero-order chi connectivity index (χ0) is 9.38. The minimum Gasteiger partial charge on any atom is -0.341 e. The van der Waals surface area contributed by atoms with Gasteiger partial charge >= 0.3 is 0 Å². The van der Waals surface area contributed by atoms with Crippen molar-refractivity contribution >= 4 is 0 Å². The van der Waals surface area contributed by atoms with Gasteiger partial charge in [-0.05, 0) is 17.2 Å². The van der Waals surface area contributed by atoms with Crippen LogP contribution in [-0.2, 0) is 9.47 Å². The Morgan fingerprint density at radius 2 is 2.14 bits per heavy atom. The fraction of sp³-hybridized carbons (Fsp3) is 0.250. The van der Waals surface area contributed by atoms with Crippen molar-refractivity contribution in [3.8, 4) is 0 Å². The van der Waals surface area contributed by atoms with E-state index in [0.717, 1.165) is 6.42 Å². The Bertz CT molecular complexity index is 361. The lowest BCUT2D eigenvalue weighted by Crippen LogP contribution is -2.25. The molecule has 1 fully saturated rings. The highest BCUT2D eigenvalue weighted by Gasteiger charge is 2.33. The third-order valence-corrected chi connectivity index (χ3v) is 2.74. The summed E-state index contributed by atoms with van der Waals surface area (Å²) in [5, 5.41) is 0. The topological polar surface area (TPSA) is 18.5 Å². The minimum absolute atomic E-state index is 0.102. The molecule has 2 atom stereocenters.